The molecule has 0 unspecified atom stereocenters. The topological polar surface area (TPSA) is 34.1 Å². The standard InChI is InChI=1S/C14H14ClFN2O/c1-2-17-8-10-3-6-14(18-9-10)19-11-4-5-13(16)12(15)7-11/h3-7,9,17H,2,8H2,1H3. The minimum atomic E-state index is -0.469. The molecule has 1 heterocycles. The molecule has 0 saturated heterocycles. The maximum atomic E-state index is 13.0. The van der Waals surface area contributed by atoms with Gasteiger partial charge in [0.25, 0.3) is 0 Å². The fourth-order valence-corrected chi connectivity index (χ4v) is 1.68. The van der Waals surface area contributed by atoms with Gasteiger partial charge < -0.3 is 10.1 Å². The van der Waals surface area contributed by atoms with Crippen molar-refractivity contribution in [2.45, 2.75) is 13.5 Å². The van der Waals surface area contributed by atoms with E-state index in [0.29, 0.717) is 11.6 Å². The molecule has 0 spiro atoms. The smallest absolute Gasteiger partial charge is 0.219 e. The second-order valence-electron chi connectivity index (χ2n) is 3.96. The summed E-state index contributed by atoms with van der Waals surface area (Å²) in [6.07, 6.45) is 1.74. The first-order chi connectivity index (χ1) is 9.19. The van der Waals surface area contributed by atoms with Gasteiger partial charge in [-0.1, -0.05) is 24.6 Å². The number of ether oxygens (including phenoxy) is 1. The zero-order chi connectivity index (χ0) is 13.7. The third-order valence-electron chi connectivity index (χ3n) is 2.49. The molecule has 2 rings (SSSR count). The number of rotatable bonds is 5. The van der Waals surface area contributed by atoms with Crippen LogP contribution >= 0.6 is 11.6 Å². The van der Waals surface area contributed by atoms with Crippen LogP contribution in [0.5, 0.6) is 11.6 Å². The lowest BCUT2D eigenvalue weighted by Crippen LogP contribution is -2.11. The Labute approximate surface area is 116 Å². The van der Waals surface area contributed by atoms with E-state index in [9.17, 15) is 4.39 Å². The lowest BCUT2D eigenvalue weighted by Gasteiger charge is -2.06. The van der Waals surface area contributed by atoms with E-state index in [1.807, 2.05) is 13.0 Å². The van der Waals surface area contributed by atoms with E-state index in [1.54, 1.807) is 12.3 Å². The average Bonchev–Trinajstić information content (AvgIpc) is 2.42. The predicted octanol–water partition coefficient (Wildman–Crippen LogP) is 3.78. The Kier molecular flexibility index (Phi) is 4.71. The monoisotopic (exact) mass is 280 g/mol. The van der Waals surface area contributed by atoms with E-state index >= 15 is 0 Å². The molecule has 0 fully saturated rings. The van der Waals surface area contributed by atoms with Crippen molar-refractivity contribution >= 4 is 11.6 Å². The first-order valence-electron chi connectivity index (χ1n) is 5.97. The van der Waals surface area contributed by atoms with Crippen molar-refractivity contribution in [2.24, 2.45) is 0 Å². The van der Waals surface area contributed by atoms with Crippen LogP contribution in [-0.2, 0) is 6.54 Å². The lowest BCUT2D eigenvalue weighted by atomic mass is 10.3. The number of hydrogen-bond acceptors (Lipinski definition) is 3. The van der Waals surface area contributed by atoms with Crippen molar-refractivity contribution in [3.05, 3.63) is 52.9 Å². The van der Waals surface area contributed by atoms with Crippen LogP contribution in [0.4, 0.5) is 4.39 Å². The van der Waals surface area contributed by atoms with Gasteiger partial charge in [-0.3, -0.25) is 0 Å². The van der Waals surface area contributed by atoms with E-state index in [2.05, 4.69) is 10.3 Å². The highest BCUT2D eigenvalue weighted by atomic mass is 35.5. The summed E-state index contributed by atoms with van der Waals surface area (Å²) in [5.74, 6) is 0.434. The molecule has 0 aliphatic heterocycles. The molecule has 3 nitrogen and oxygen atoms in total. The Morgan fingerprint density at radius 1 is 1.32 bits per heavy atom. The minimum Gasteiger partial charge on any atom is -0.439 e. The molecule has 1 aromatic heterocycles. The van der Waals surface area contributed by atoms with Gasteiger partial charge >= 0.3 is 0 Å². The quantitative estimate of drug-likeness (QED) is 0.905. The first-order valence-corrected chi connectivity index (χ1v) is 6.35. The van der Waals surface area contributed by atoms with E-state index in [4.69, 9.17) is 16.3 Å². The van der Waals surface area contributed by atoms with Crippen LogP contribution < -0.4 is 10.1 Å². The number of nitrogens with zero attached hydrogens (tertiary/aromatic N) is 1. The zero-order valence-corrected chi connectivity index (χ0v) is 11.2. The summed E-state index contributed by atoms with van der Waals surface area (Å²) >= 11 is 5.68. The van der Waals surface area contributed by atoms with Crippen LogP contribution in [-0.4, -0.2) is 11.5 Å². The van der Waals surface area contributed by atoms with Gasteiger partial charge in [-0.2, -0.15) is 0 Å². The molecule has 0 aliphatic rings. The van der Waals surface area contributed by atoms with E-state index in [1.165, 1.54) is 18.2 Å². The largest absolute Gasteiger partial charge is 0.439 e. The number of hydrogen-bond donors (Lipinski definition) is 1. The molecule has 5 heteroatoms. The molecule has 0 aliphatic carbocycles. The van der Waals surface area contributed by atoms with Crippen LogP contribution in [0, 0.1) is 5.82 Å². The summed E-state index contributed by atoms with van der Waals surface area (Å²) in [7, 11) is 0. The van der Waals surface area contributed by atoms with Gasteiger partial charge in [0.2, 0.25) is 5.88 Å². The summed E-state index contributed by atoms with van der Waals surface area (Å²) in [6.45, 7) is 3.72. The normalized spacial score (nSPS) is 10.5. The van der Waals surface area contributed by atoms with Gasteiger partial charge in [-0.05, 0) is 24.2 Å². The van der Waals surface area contributed by atoms with Crippen LogP contribution in [0.15, 0.2) is 36.5 Å². The van der Waals surface area contributed by atoms with Crippen LogP contribution in [0.1, 0.15) is 12.5 Å². The summed E-state index contributed by atoms with van der Waals surface area (Å²) in [5, 5.41) is 3.24. The average molecular weight is 281 g/mol. The molecular formula is C14H14ClFN2O. The molecule has 0 amide bonds. The van der Waals surface area contributed by atoms with Gasteiger partial charge in [0.1, 0.15) is 11.6 Å². The van der Waals surface area contributed by atoms with Gasteiger partial charge in [-0.25, -0.2) is 9.37 Å². The maximum absolute atomic E-state index is 13.0. The van der Waals surface area contributed by atoms with Gasteiger partial charge in [0.05, 0.1) is 5.02 Å². The Bertz CT molecular complexity index is 546. The fourth-order valence-electron chi connectivity index (χ4n) is 1.51. The van der Waals surface area contributed by atoms with Crippen LogP contribution in [0.3, 0.4) is 0 Å². The molecule has 0 bridgehead atoms. The lowest BCUT2D eigenvalue weighted by molar-refractivity contribution is 0.460. The van der Waals surface area contributed by atoms with Gasteiger partial charge in [0.15, 0.2) is 0 Å². The molecule has 1 N–H and O–H groups in total. The number of pyridine rings is 1. The summed E-state index contributed by atoms with van der Waals surface area (Å²) < 4.78 is 18.5. The second-order valence-corrected chi connectivity index (χ2v) is 4.37. The van der Waals surface area contributed by atoms with Crippen LogP contribution in [0.2, 0.25) is 5.02 Å². The van der Waals surface area contributed by atoms with Crippen molar-refractivity contribution in [3.8, 4) is 11.6 Å². The molecule has 19 heavy (non-hydrogen) atoms. The van der Waals surface area contributed by atoms with Crippen molar-refractivity contribution < 1.29 is 9.13 Å². The van der Waals surface area contributed by atoms with Gasteiger partial charge in [0, 0.05) is 24.9 Å². The Balaban J connectivity index is 2.04. The van der Waals surface area contributed by atoms with Crippen molar-refractivity contribution in [1.82, 2.24) is 10.3 Å². The summed E-state index contributed by atoms with van der Waals surface area (Å²) in [6, 6.07) is 7.89. The van der Waals surface area contributed by atoms with E-state index in [0.717, 1.165) is 18.7 Å². The maximum Gasteiger partial charge on any atom is 0.219 e. The Morgan fingerprint density at radius 2 is 2.16 bits per heavy atom. The Morgan fingerprint density at radius 3 is 2.79 bits per heavy atom. The zero-order valence-electron chi connectivity index (χ0n) is 10.5. The third kappa shape index (κ3) is 3.91. The van der Waals surface area contributed by atoms with E-state index in [-0.39, 0.29) is 5.02 Å². The second kappa shape index (κ2) is 6.50. The highest BCUT2D eigenvalue weighted by Crippen LogP contribution is 2.24. The highest BCUT2D eigenvalue weighted by molar-refractivity contribution is 6.30. The molecule has 100 valence electrons. The Hall–Kier alpha value is -1.65. The van der Waals surface area contributed by atoms with Crippen molar-refractivity contribution in [1.29, 1.82) is 0 Å². The molecule has 1 aromatic carbocycles. The first kappa shape index (κ1) is 13.8. The van der Waals surface area contributed by atoms with Crippen LogP contribution in [0.25, 0.3) is 0 Å². The third-order valence-corrected chi connectivity index (χ3v) is 2.78. The van der Waals surface area contributed by atoms with Crippen molar-refractivity contribution in [2.75, 3.05) is 6.54 Å². The minimum absolute atomic E-state index is 0.0289. The van der Waals surface area contributed by atoms with E-state index < -0.39 is 5.82 Å². The number of aromatic nitrogens is 1. The fraction of sp³-hybridized carbons (Fsp3) is 0.214. The molecule has 0 saturated carbocycles. The molecule has 0 radical (unpaired) electrons. The summed E-state index contributed by atoms with van der Waals surface area (Å²) in [4.78, 5) is 4.18. The summed E-state index contributed by atoms with van der Waals surface area (Å²) in [5.41, 5.74) is 1.08. The highest BCUT2D eigenvalue weighted by Gasteiger charge is 2.03. The SMILES string of the molecule is CCNCc1ccc(Oc2ccc(F)c(Cl)c2)nc1. The van der Waals surface area contributed by atoms with Gasteiger partial charge in [-0.15, -0.1) is 0 Å². The number of nitrogens with one attached hydrogen (secondary N) is 1. The molecular weight excluding hydrogens is 267 g/mol. The van der Waals surface area contributed by atoms with Crippen molar-refractivity contribution in [3.63, 3.8) is 0 Å². The molecule has 2 aromatic rings. The predicted molar refractivity (Wildman–Crippen MR) is 73.1 cm³/mol. The molecule has 0 atom stereocenters. The number of halogens is 2. The number of benzene rings is 1.